The lowest BCUT2D eigenvalue weighted by molar-refractivity contribution is 0.624. The van der Waals surface area contributed by atoms with E-state index in [9.17, 15) is 0 Å². The van der Waals surface area contributed by atoms with Gasteiger partial charge in [-0.05, 0) is 35.4 Å². The van der Waals surface area contributed by atoms with E-state index in [0.717, 1.165) is 39.6 Å². The molecule has 0 unspecified atom stereocenters. The van der Waals surface area contributed by atoms with Gasteiger partial charge in [0.2, 0.25) is 0 Å². The van der Waals surface area contributed by atoms with E-state index in [1.165, 1.54) is 33.3 Å². The lowest BCUT2D eigenvalue weighted by Gasteiger charge is -2.24. The fraction of sp³-hybridized carbons (Fsp3) is 0.0769. The average molecular weight is 540 g/mol. The molecule has 8 rings (SSSR count). The number of rotatable bonds is 4. The Hall–Kier alpha value is -5.28. The van der Waals surface area contributed by atoms with Gasteiger partial charge in [-0.1, -0.05) is 129 Å². The molecule has 7 aromatic rings. The Morgan fingerprint density at radius 2 is 1.12 bits per heavy atom. The van der Waals surface area contributed by atoms with Crippen molar-refractivity contribution in [1.82, 2.24) is 14.5 Å². The molecule has 0 saturated heterocycles. The highest BCUT2D eigenvalue weighted by Gasteiger charge is 2.40. The smallest absolute Gasteiger partial charge is 0.160 e. The molecule has 0 fully saturated rings. The molecule has 2 aromatic heterocycles. The highest BCUT2D eigenvalue weighted by molar-refractivity contribution is 6.03. The van der Waals surface area contributed by atoms with Gasteiger partial charge in [0.1, 0.15) is 0 Å². The second-order valence-corrected chi connectivity index (χ2v) is 11.5. The lowest BCUT2D eigenvalue weighted by atomic mass is 9.85. The third-order valence-electron chi connectivity index (χ3n) is 8.59. The van der Waals surface area contributed by atoms with Crippen LogP contribution < -0.4 is 0 Å². The van der Waals surface area contributed by atoms with Crippen LogP contribution in [0.25, 0.3) is 61.6 Å². The summed E-state index contributed by atoms with van der Waals surface area (Å²) in [4.78, 5) is 9.98. The van der Waals surface area contributed by atoms with Crippen molar-refractivity contribution in [1.29, 1.82) is 0 Å². The molecule has 0 spiro atoms. The van der Waals surface area contributed by atoms with E-state index in [4.69, 9.17) is 9.97 Å². The Kier molecular flexibility index (Phi) is 5.48. The topological polar surface area (TPSA) is 30.7 Å². The molecule has 0 amide bonds. The number of aromatic nitrogens is 3. The summed E-state index contributed by atoms with van der Waals surface area (Å²) in [5.41, 5.74) is 12.6. The molecule has 2 heterocycles. The Morgan fingerprint density at radius 3 is 1.83 bits per heavy atom. The maximum Gasteiger partial charge on any atom is 0.160 e. The molecule has 200 valence electrons. The Bertz CT molecular complexity index is 2030. The molecule has 0 aliphatic heterocycles. The molecule has 3 heteroatoms. The molecule has 0 N–H and O–H groups in total. The Labute approximate surface area is 245 Å². The third kappa shape index (κ3) is 3.74. The van der Waals surface area contributed by atoms with Gasteiger partial charge in [-0.3, -0.25) is 0 Å². The molecule has 0 bridgehead atoms. The molecule has 3 nitrogen and oxygen atoms in total. The largest absolute Gasteiger partial charge is 0.312 e. The summed E-state index contributed by atoms with van der Waals surface area (Å²) in [5, 5.41) is 1.30. The van der Waals surface area contributed by atoms with Crippen LogP contribution in [0.2, 0.25) is 0 Å². The maximum absolute atomic E-state index is 5.03. The molecule has 0 atom stereocenters. The fourth-order valence-electron chi connectivity index (χ4n) is 6.60. The molecular formula is C39H29N3. The Balaban J connectivity index is 1.28. The first-order valence-electron chi connectivity index (χ1n) is 14.4. The third-order valence-corrected chi connectivity index (χ3v) is 8.59. The van der Waals surface area contributed by atoms with E-state index in [-0.39, 0.29) is 5.41 Å². The van der Waals surface area contributed by atoms with E-state index >= 15 is 0 Å². The first-order chi connectivity index (χ1) is 20.6. The molecule has 0 radical (unpaired) electrons. The fourth-order valence-corrected chi connectivity index (χ4v) is 6.60. The Morgan fingerprint density at radius 1 is 0.548 bits per heavy atom. The minimum Gasteiger partial charge on any atom is -0.312 e. The minimum absolute atomic E-state index is 0.120. The number of hydrogen-bond acceptors (Lipinski definition) is 2. The second-order valence-electron chi connectivity index (χ2n) is 11.5. The van der Waals surface area contributed by atoms with Crippen molar-refractivity contribution in [2.75, 3.05) is 0 Å². The summed E-state index contributed by atoms with van der Waals surface area (Å²) in [7, 11) is 0. The highest BCUT2D eigenvalue weighted by atomic mass is 15.0. The molecule has 1 aliphatic carbocycles. The average Bonchev–Trinajstić information content (AvgIpc) is 3.52. The van der Waals surface area contributed by atoms with Gasteiger partial charge in [-0.25, -0.2) is 9.97 Å². The van der Waals surface area contributed by atoms with Gasteiger partial charge in [0.25, 0.3) is 0 Å². The number of hydrogen-bond donors (Lipinski definition) is 0. The number of para-hydroxylation sites is 1. The van der Waals surface area contributed by atoms with Crippen molar-refractivity contribution in [3.63, 3.8) is 0 Å². The summed E-state index contributed by atoms with van der Waals surface area (Å²) in [6.45, 7) is 4.69. The molecule has 0 saturated carbocycles. The first-order valence-corrected chi connectivity index (χ1v) is 14.4. The summed E-state index contributed by atoms with van der Waals surface area (Å²) in [5.74, 6) is 0.727. The van der Waals surface area contributed by atoms with Crippen molar-refractivity contribution in [3.8, 4) is 50.7 Å². The number of nitrogens with zero attached hydrogens (tertiary/aromatic N) is 3. The summed E-state index contributed by atoms with van der Waals surface area (Å²) >= 11 is 0. The number of benzene rings is 5. The van der Waals surface area contributed by atoms with Crippen LogP contribution in [0.4, 0.5) is 0 Å². The number of fused-ring (bicyclic) bond motifs is 5. The van der Waals surface area contributed by atoms with Crippen molar-refractivity contribution in [2.45, 2.75) is 19.3 Å². The standard InChI is InChI=1S/C39H29N3/c1-39(2)32-19-11-9-17-30(32)36-31-18-10-12-20-35(31)42(37(36)39)29-23-21-27(22-24-29)34-25-33(26-13-5-3-6-14-26)40-38(41-34)28-15-7-4-8-16-28/h3-25H,1-2H3. The zero-order valence-corrected chi connectivity index (χ0v) is 23.6. The van der Waals surface area contributed by atoms with Gasteiger partial charge in [0, 0.05) is 44.4 Å². The van der Waals surface area contributed by atoms with Crippen LogP contribution in [-0.4, -0.2) is 14.5 Å². The monoisotopic (exact) mass is 539 g/mol. The van der Waals surface area contributed by atoms with Gasteiger partial charge < -0.3 is 4.57 Å². The van der Waals surface area contributed by atoms with Crippen LogP contribution in [0.1, 0.15) is 25.1 Å². The van der Waals surface area contributed by atoms with E-state index in [2.05, 4.69) is 122 Å². The van der Waals surface area contributed by atoms with Crippen molar-refractivity contribution < 1.29 is 0 Å². The normalized spacial score (nSPS) is 13.2. The SMILES string of the molecule is CC1(C)c2ccccc2-c2c1n(-c1ccc(-c3cc(-c4ccccc4)nc(-c4ccccc4)n3)cc1)c1ccccc21. The van der Waals surface area contributed by atoms with Gasteiger partial charge in [0.05, 0.1) is 16.9 Å². The zero-order chi connectivity index (χ0) is 28.3. The quantitative estimate of drug-likeness (QED) is 0.223. The maximum atomic E-state index is 5.03. The summed E-state index contributed by atoms with van der Waals surface area (Å²) in [6, 6.07) is 49.1. The first kappa shape index (κ1) is 24.5. The van der Waals surface area contributed by atoms with Crippen LogP contribution in [0, 0.1) is 0 Å². The van der Waals surface area contributed by atoms with Crippen LogP contribution in [0.3, 0.4) is 0 Å². The van der Waals surface area contributed by atoms with Gasteiger partial charge in [0.15, 0.2) is 5.82 Å². The molecule has 1 aliphatic rings. The van der Waals surface area contributed by atoms with E-state index in [1.807, 2.05) is 36.4 Å². The highest BCUT2D eigenvalue weighted by Crippen LogP contribution is 2.53. The van der Waals surface area contributed by atoms with E-state index in [0.29, 0.717) is 0 Å². The lowest BCUT2D eigenvalue weighted by Crippen LogP contribution is -2.19. The molecule has 42 heavy (non-hydrogen) atoms. The predicted molar refractivity (Wildman–Crippen MR) is 173 cm³/mol. The molecular weight excluding hydrogens is 510 g/mol. The molecule has 5 aromatic carbocycles. The van der Waals surface area contributed by atoms with Crippen LogP contribution in [0.5, 0.6) is 0 Å². The van der Waals surface area contributed by atoms with Crippen molar-refractivity contribution in [3.05, 3.63) is 151 Å². The predicted octanol–water partition coefficient (Wildman–Crippen LogP) is 9.73. The zero-order valence-electron chi connectivity index (χ0n) is 23.6. The van der Waals surface area contributed by atoms with Gasteiger partial charge in [-0.15, -0.1) is 0 Å². The minimum atomic E-state index is -0.120. The van der Waals surface area contributed by atoms with Gasteiger partial charge >= 0.3 is 0 Å². The van der Waals surface area contributed by atoms with E-state index < -0.39 is 0 Å². The van der Waals surface area contributed by atoms with Crippen LogP contribution in [-0.2, 0) is 5.41 Å². The van der Waals surface area contributed by atoms with Crippen molar-refractivity contribution >= 4 is 10.9 Å². The second kappa shape index (κ2) is 9.39. The van der Waals surface area contributed by atoms with Crippen molar-refractivity contribution in [2.24, 2.45) is 0 Å². The van der Waals surface area contributed by atoms with Gasteiger partial charge in [-0.2, -0.15) is 0 Å². The van der Waals surface area contributed by atoms with Crippen LogP contribution >= 0.6 is 0 Å². The van der Waals surface area contributed by atoms with Crippen LogP contribution in [0.15, 0.2) is 140 Å². The summed E-state index contributed by atoms with van der Waals surface area (Å²) in [6.07, 6.45) is 0. The van der Waals surface area contributed by atoms with E-state index in [1.54, 1.807) is 0 Å². The summed E-state index contributed by atoms with van der Waals surface area (Å²) < 4.78 is 2.46.